The zero-order valence-electron chi connectivity index (χ0n) is 11.4. The first kappa shape index (κ1) is 15.2. The van der Waals surface area contributed by atoms with Gasteiger partial charge in [-0.15, -0.1) is 0 Å². The number of likely N-dealkylation sites (N-methyl/N-ethyl adjacent to an activating group) is 1. The summed E-state index contributed by atoms with van der Waals surface area (Å²) < 4.78 is 1.72. The first-order chi connectivity index (χ1) is 8.56. The van der Waals surface area contributed by atoms with Crippen LogP contribution in [0.4, 0.5) is 0 Å². The highest BCUT2D eigenvalue weighted by Gasteiger charge is 2.16. The predicted octanol–water partition coefficient (Wildman–Crippen LogP) is 2.86. The van der Waals surface area contributed by atoms with E-state index in [1.807, 2.05) is 14.1 Å². The summed E-state index contributed by atoms with van der Waals surface area (Å²) in [5.41, 5.74) is 0.564. The number of Topliss-reactive ketones (excluding diaryl/α,β-unsaturated/α-hetero) is 1. The van der Waals surface area contributed by atoms with E-state index in [2.05, 4.69) is 16.9 Å². The standard InChI is InChI=1S/C13H22ClN3O/c1-4-5-6-7-12(18)13-11(14)10-15-17(13)9-8-16(2)3/h10H,4-9H2,1-3H3. The molecule has 1 heterocycles. The quantitative estimate of drug-likeness (QED) is 0.539. The molecule has 0 aliphatic carbocycles. The maximum atomic E-state index is 12.1. The third kappa shape index (κ3) is 4.42. The second kappa shape index (κ2) is 7.54. The molecule has 0 bridgehead atoms. The van der Waals surface area contributed by atoms with Crippen molar-refractivity contribution in [3.8, 4) is 0 Å². The normalized spacial score (nSPS) is 11.2. The van der Waals surface area contributed by atoms with E-state index < -0.39 is 0 Å². The summed E-state index contributed by atoms with van der Waals surface area (Å²) in [4.78, 5) is 14.2. The van der Waals surface area contributed by atoms with Gasteiger partial charge in [-0.2, -0.15) is 5.10 Å². The number of nitrogens with zero attached hydrogens (tertiary/aromatic N) is 3. The van der Waals surface area contributed by atoms with Crippen LogP contribution >= 0.6 is 11.6 Å². The van der Waals surface area contributed by atoms with Gasteiger partial charge in [0.05, 0.1) is 17.8 Å². The average molecular weight is 272 g/mol. The van der Waals surface area contributed by atoms with E-state index in [1.165, 1.54) is 0 Å². The van der Waals surface area contributed by atoms with Gasteiger partial charge in [0.25, 0.3) is 0 Å². The summed E-state index contributed by atoms with van der Waals surface area (Å²) >= 11 is 6.05. The molecule has 0 unspecified atom stereocenters. The molecule has 1 aromatic rings. The van der Waals surface area contributed by atoms with Gasteiger partial charge in [-0.05, 0) is 20.5 Å². The molecule has 18 heavy (non-hydrogen) atoms. The van der Waals surface area contributed by atoms with E-state index in [-0.39, 0.29) is 5.78 Å². The van der Waals surface area contributed by atoms with Crippen LogP contribution in [-0.2, 0) is 6.54 Å². The number of rotatable bonds is 8. The SMILES string of the molecule is CCCCCC(=O)c1c(Cl)cnn1CCN(C)C. The van der Waals surface area contributed by atoms with E-state index >= 15 is 0 Å². The van der Waals surface area contributed by atoms with Crippen LogP contribution in [0, 0.1) is 0 Å². The molecule has 1 aromatic heterocycles. The van der Waals surface area contributed by atoms with Crippen molar-refractivity contribution in [2.45, 2.75) is 39.2 Å². The van der Waals surface area contributed by atoms with Gasteiger partial charge in [0.2, 0.25) is 0 Å². The summed E-state index contributed by atoms with van der Waals surface area (Å²) in [7, 11) is 3.99. The summed E-state index contributed by atoms with van der Waals surface area (Å²) in [5.74, 6) is 0.102. The molecule has 0 fully saturated rings. The Kier molecular flexibility index (Phi) is 6.36. The Morgan fingerprint density at radius 2 is 2.17 bits per heavy atom. The number of carbonyl (C=O) groups is 1. The fourth-order valence-corrected chi connectivity index (χ4v) is 2.00. The van der Waals surface area contributed by atoms with Crippen LogP contribution in [0.15, 0.2) is 6.20 Å². The molecule has 0 aliphatic rings. The molecule has 0 saturated heterocycles. The third-order valence-electron chi connectivity index (χ3n) is 2.83. The lowest BCUT2D eigenvalue weighted by Gasteiger charge is -2.11. The fraction of sp³-hybridized carbons (Fsp3) is 0.692. The molecule has 0 aliphatic heterocycles. The van der Waals surface area contributed by atoms with Crippen LogP contribution in [-0.4, -0.2) is 41.1 Å². The van der Waals surface area contributed by atoms with Gasteiger partial charge in [-0.1, -0.05) is 31.4 Å². The van der Waals surface area contributed by atoms with Gasteiger partial charge in [-0.25, -0.2) is 0 Å². The minimum atomic E-state index is 0.102. The fourth-order valence-electron chi connectivity index (χ4n) is 1.76. The van der Waals surface area contributed by atoms with Crippen molar-refractivity contribution >= 4 is 17.4 Å². The van der Waals surface area contributed by atoms with Crippen molar-refractivity contribution < 1.29 is 4.79 Å². The lowest BCUT2D eigenvalue weighted by Crippen LogP contribution is -2.21. The van der Waals surface area contributed by atoms with Crippen LogP contribution < -0.4 is 0 Å². The van der Waals surface area contributed by atoms with Crippen molar-refractivity contribution in [1.82, 2.24) is 14.7 Å². The number of hydrogen-bond acceptors (Lipinski definition) is 3. The van der Waals surface area contributed by atoms with Gasteiger partial charge < -0.3 is 4.90 Å². The van der Waals surface area contributed by atoms with E-state index in [9.17, 15) is 4.79 Å². The van der Waals surface area contributed by atoms with E-state index in [4.69, 9.17) is 11.6 Å². The second-order valence-corrected chi connectivity index (χ2v) is 5.16. The summed E-state index contributed by atoms with van der Waals surface area (Å²) in [6, 6.07) is 0. The monoisotopic (exact) mass is 271 g/mol. The number of halogens is 1. The molecule has 0 amide bonds. The maximum Gasteiger partial charge on any atom is 0.182 e. The van der Waals surface area contributed by atoms with Gasteiger partial charge in [-0.3, -0.25) is 9.48 Å². The largest absolute Gasteiger partial charge is 0.308 e. The topological polar surface area (TPSA) is 38.1 Å². The van der Waals surface area contributed by atoms with Crippen molar-refractivity contribution in [2.75, 3.05) is 20.6 Å². The second-order valence-electron chi connectivity index (χ2n) is 4.75. The summed E-state index contributed by atoms with van der Waals surface area (Å²) in [5, 5.41) is 4.64. The van der Waals surface area contributed by atoms with Crippen LogP contribution in [0.3, 0.4) is 0 Å². The van der Waals surface area contributed by atoms with Crippen LogP contribution in [0.1, 0.15) is 43.1 Å². The minimum Gasteiger partial charge on any atom is -0.308 e. The maximum absolute atomic E-state index is 12.1. The molecule has 0 atom stereocenters. The smallest absolute Gasteiger partial charge is 0.182 e. The Balaban J connectivity index is 2.67. The first-order valence-electron chi connectivity index (χ1n) is 6.45. The van der Waals surface area contributed by atoms with Gasteiger partial charge in [0, 0.05) is 13.0 Å². The average Bonchev–Trinajstić information content (AvgIpc) is 2.68. The number of unbranched alkanes of at least 4 members (excludes halogenated alkanes) is 2. The third-order valence-corrected chi connectivity index (χ3v) is 3.10. The highest BCUT2D eigenvalue weighted by Crippen LogP contribution is 2.18. The zero-order valence-corrected chi connectivity index (χ0v) is 12.2. The van der Waals surface area contributed by atoms with Gasteiger partial charge in [0.15, 0.2) is 5.78 Å². The highest BCUT2D eigenvalue weighted by atomic mass is 35.5. The van der Waals surface area contributed by atoms with Crippen LogP contribution in [0.5, 0.6) is 0 Å². The molecule has 5 heteroatoms. The van der Waals surface area contributed by atoms with Crippen molar-refractivity contribution in [1.29, 1.82) is 0 Å². The molecular formula is C13H22ClN3O. The minimum absolute atomic E-state index is 0.102. The molecule has 0 radical (unpaired) electrons. The van der Waals surface area contributed by atoms with E-state index in [1.54, 1.807) is 10.9 Å². The van der Waals surface area contributed by atoms with Gasteiger partial charge >= 0.3 is 0 Å². The van der Waals surface area contributed by atoms with E-state index in [0.717, 1.165) is 25.8 Å². The Morgan fingerprint density at radius 3 is 2.78 bits per heavy atom. The van der Waals surface area contributed by atoms with E-state index in [0.29, 0.717) is 23.7 Å². The molecule has 4 nitrogen and oxygen atoms in total. The molecule has 1 rings (SSSR count). The highest BCUT2D eigenvalue weighted by molar-refractivity contribution is 6.33. The Hall–Kier alpha value is -0.870. The number of ketones is 1. The lowest BCUT2D eigenvalue weighted by atomic mass is 10.1. The van der Waals surface area contributed by atoms with Crippen molar-refractivity contribution in [2.24, 2.45) is 0 Å². The predicted molar refractivity (Wildman–Crippen MR) is 74.3 cm³/mol. The summed E-state index contributed by atoms with van der Waals surface area (Å²) in [6.07, 6.45) is 5.23. The Labute approximate surface area is 114 Å². The molecule has 0 spiro atoms. The Bertz CT molecular complexity index is 388. The van der Waals surface area contributed by atoms with Crippen molar-refractivity contribution in [3.05, 3.63) is 16.9 Å². The summed E-state index contributed by atoms with van der Waals surface area (Å²) in [6.45, 7) is 3.65. The number of carbonyl (C=O) groups excluding carboxylic acids is 1. The Morgan fingerprint density at radius 1 is 1.44 bits per heavy atom. The first-order valence-corrected chi connectivity index (χ1v) is 6.83. The van der Waals surface area contributed by atoms with Gasteiger partial charge in [0.1, 0.15) is 5.69 Å². The molecule has 102 valence electrons. The molecular weight excluding hydrogens is 250 g/mol. The molecule has 0 aromatic carbocycles. The lowest BCUT2D eigenvalue weighted by molar-refractivity contribution is 0.0968. The molecule has 0 saturated carbocycles. The number of hydrogen-bond donors (Lipinski definition) is 0. The zero-order chi connectivity index (χ0) is 13.5. The molecule has 0 N–H and O–H groups in total. The van der Waals surface area contributed by atoms with Crippen LogP contribution in [0.2, 0.25) is 5.02 Å². The number of aromatic nitrogens is 2. The van der Waals surface area contributed by atoms with Crippen molar-refractivity contribution in [3.63, 3.8) is 0 Å². The van der Waals surface area contributed by atoms with Crippen LogP contribution in [0.25, 0.3) is 0 Å².